The highest BCUT2D eigenvalue weighted by Crippen LogP contribution is 2.26. The Kier molecular flexibility index (Phi) is 6.79. The van der Waals surface area contributed by atoms with Crippen LogP contribution in [0.25, 0.3) is 0 Å². The van der Waals surface area contributed by atoms with E-state index in [1.165, 1.54) is 6.92 Å². The second-order valence-electron chi connectivity index (χ2n) is 6.79. The first-order valence-electron chi connectivity index (χ1n) is 9.48. The third-order valence-electron chi connectivity index (χ3n) is 4.71. The SMILES string of the molecule is CC(=O)[C@H](C(=O)N1CCOC1=O)[C@@H](NC(=O)OCc1ccccc1)c1ccccc1. The van der Waals surface area contributed by atoms with Crippen LogP contribution < -0.4 is 5.32 Å². The molecular formula is C22H22N2O6. The molecule has 1 aliphatic heterocycles. The lowest BCUT2D eigenvalue weighted by molar-refractivity contribution is -0.139. The molecule has 3 rings (SSSR count). The van der Waals surface area contributed by atoms with Gasteiger partial charge in [-0.25, -0.2) is 14.5 Å². The van der Waals surface area contributed by atoms with Crippen LogP contribution in [-0.4, -0.2) is 41.9 Å². The summed E-state index contributed by atoms with van der Waals surface area (Å²) in [5.74, 6) is -2.51. The fraction of sp³-hybridized carbons (Fsp3) is 0.273. The third kappa shape index (κ3) is 5.02. The van der Waals surface area contributed by atoms with Gasteiger partial charge in [-0.3, -0.25) is 9.59 Å². The number of carbonyl (C=O) groups excluding carboxylic acids is 4. The fourth-order valence-corrected chi connectivity index (χ4v) is 3.22. The summed E-state index contributed by atoms with van der Waals surface area (Å²) in [5.41, 5.74) is 1.33. The number of alkyl carbamates (subject to hydrolysis) is 1. The number of hydrogen-bond donors (Lipinski definition) is 1. The summed E-state index contributed by atoms with van der Waals surface area (Å²) in [6.45, 7) is 1.40. The van der Waals surface area contributed by atoms with Crippen LogP contribution in [0.1, 0.15) is 24.1 Å². The number of ketones is 1. The van der Waals surface area contributed by atoms with Crippen LogP contribution in [0.3, 0.4) is 0 Å². The lowest BCUT2D eigenvalue weighted by atomic mass is 9.88. The third-order valence-corrected chi connectivity index (χ3v) is 4.71. The lowest BCUT2D eigenvalue weighted by Crippen LogP contribution is -2.46. The second kappa shape index (κ2) is 9.69. The van der Waals surface area contributed by atoms with Crippen LogP contribution in [0.15, 0.2) is 60.7 Å². The number of rotatable bonds is 7. The predicted molar refractivity (Wildman–Crippen MR) is 106 cm³/mol. The summed E-state index contributed by atoms with van der Waals surface area (Å²) in [5, 5.41) is 2.62. The largest absolute Gasteiger partial charge is 0.447 e. The summed E-state index contributed by atoms with van der Waals surface area (Å²) < 4.78 is 10.1. The van der Waals surface area contributed by atoms with Crippen LogP contribution in [0.2, 0.25) is 0 Å². The van der Waals surface area contributed by atoms with E-state index in [9.17, 15) is 19.2 Å². The number of nitrogens with one attached hydrogen (secondary N) is 1. The molecule has 2 atom stereocenters. The Morgan fingerprint density at radius 2 is 1.70 bits per heavy atom. The maximum absolute atomic E-state index is 13.0. The molecule has 30 heavy (non-hydrogen) atoms. The number of amides is 3. The van der Waals surface area contributed by atoms with Crippen LogP contribution in [-0.2, 0) is 25.7 Å². The van der Waals surface area contributed by atoms with Crippen molar-refractivity contribution in [2.45, 2.75) is 19.6 Å². The van der Waals surface area contributed by atoms with Crippen molar-refractivity contribution in [2.75, 3.05) is 13.2 Å². The van der Waals surface area contributed by atoms with E-state index in [1.807, 2.05) is 30.3 Å². The molecule has 1 saturated heterocycles. The number of nitrogens with zero attached hydrogens (tertiary/aromatic N) is 1. The number of Topliss-reactive ketones (excluding diaryl/α,β-unsaturated/α-hetero) is 1. The number of cyclic esters (lactones) is 1. The summed E-state index contributed by atoms with van der Waals surface area (Å²) in [7, 11) is 0. The van der Waals surface area contributed by atoms with E-state index in [2.05, 4.69) is 5.32 Å². The Hall–Kier alpha value is -3.68. The topological polar surface area (TPSA) is 102 Å². The van der Waals surface area contributed by atoms with Gasteiger partial charge in [0.15, 0.2) is 0 Å². The van der Waals surface area contributed by atoms with Gasteiger partial charge in [0.2, 0.25) is 5.91 Å². The first-order valence-corrected chi connectivity index (χ1v) is 9.48. The van der Waals surface area contributed by atoms with E-state index in [4.69, 9.17) is 9.47 Å². The molecular weight excluding hydrogens is 388 g/mol. The van der Waals surface area contributed by atoms with Crippen molar-refractivity contribution in [1.82, 2.24) is 10.2 Å². The van der Waals surface area contributed by atoms with Crippen LogP contribution in [0, 0.1) is 5.92 Å². The van der Waals surface area contributed by atoms with Crippen LogP contribution in [0.5, 0.6) is 0 Å². The van der Waals surface area contributed by atoms with Crippen LogP contribution >= 0.6 is 0 Å². The van der Waals surface area contributed by atoms with Gasteiger partial charge >= 0.3 is 12.2 Å². The molecule has 0 bridgehead atoms. The summed E-state index contributed by atoms with van der Waals surface area (Å²) in [4.78, 5) is 50.6. The molecule has 0 radical (unpaired) electrons. The van der Waals surface area contributed by atoms with Gasteiger partial charge in [-0.15, -0.1) is 0 Å². The molecule has 1 fully saturated rings. The lowest BCUT2D eigenvalue weighted by Gasteiger charge is -2.27. The number of carbonyl (C=O) groups is 4. The number of imide groups is 1. The molecule has 1 heterocycles. The average Bonchev–Trinajstić information content (AvgIpc) is 3.18. The Balaban J connectivity index is 1.81. The Labute approximate surface area is 173 Å². The minimum absolute atomic E-state index is 0.0331. The Bertz CT molecular complexity index is 916. The van der Waals surface area contributed by atoms with Gasteiger partial charge in [0.25, 0.3) is 0 Å². The molecule has 2 aromatic carbocycles. The maximum Gasteiger partial charge on any atom is 0.416 e. The molecule has 0 saturated carbocycles. The normalized spacial score (nSPS) is 15.1. The highest BCUT2D eigenvalue weighted by Gasteiger charge is 2.41. The van der Waals surface area contributed by atoms with Crippen molar-refractivity contribution >= 4 is 23.9 Å². The first-order chi connectivity index (χ1) is 14.5. The van der Waals surface area contributed by atoms with Gasteiger partial charge in [-0.05, 0) is 18.1 Å². The molecule has 156 valence electrons. The Morgan fingerprint density at radius 1 is 1.07 bits per heavy atom. The zero-order valence-corrected chi connectivity index (χ0v) is 16.4. The number of hydrogen-bond acceptors (Lipinski definition) is 6. The minimum atomic E-state index is -1.30. The van der Waals surface area contributed by atoms with E-state index in [0.717, 1.165) is 10.5 Å². The highest BCUT2D eigenvalue weighted by molar-refractivity contribution is 6.06. The zero-order valence-electron chi connectivity index (χ0n) is 16.4. The predicted octanol–water partition coefficient (Wildman–Crippen LogP) is 2.84. The number of benzene rings is 2. The molecule has 1 aliphatic rings. The maximum atomic E-state index is 13.0. The molecule has 1 N–H and O–H groups in total. The van der Waals surface area contributed by atoms with Crippen molar-refractivity contribution in [3.63, 3.8) is 0 Å². The van der Waals surface area contributed by atoms with Crippen LogP contribution in [0.4, 0.5) is 9.59 Å². The number of ether oxygens (including phenoxy) is 2. The summed E-state index contributed by atoms with van der Waals surface area (Å²) in [6.07, 6.45) is -1.58. The standard InChI is InChI=1S/C22H22N2O6/c1-15(25)18(20(26)24-12-13-29-22(24)28)19(17-10-6-3-7-11-17)23-21(27)30-14-16-8-4-2-5-9-16/h2-11,18-19H,12-14H2,1H3,(H,23,27)/t18-,19-/m0/s1. The molecule has 0 unspecified atom stereocenters. The van der Waals surface area contributed by atoms with E-state index in [0.29, 0.717) is 5.56 Å². The minimum Gasteiger partial charge on any atom is -0.447 e. The monoisotopic (exact) mass is 410 g/mol. The van der Waals surface area contributed by atoms with E-state index >= 15 is 0 Å². The molecule has 8 heteroatoms. The Morgan fingerprint density at radius 3 is 2.27 bits per heavy atom. The summed E-state index contributed by atoms with van der Waals surface area (Å²) >= 11 is 0. The van der Waals surface area contributed by atoms with Gasteiger partial charge in [-0.1, -0.05) is 60.7 Å². The first kappa shape index (κ1) is 21.0. The fourth-order valence-electron chi connectivity index (χ4n) is 3.22. The van der Waals surface area contributed by atoms with Gasteiger partial charge in [0.05, 0.1) is 12.6 Å². The summed E-state index contributed by atoms with van der Waals surface area (Å²) in [6, 6.07) is 16.7. The smallest absolute Gasteiger partial charge is 0.416 e. The highest BCUT2D eigenvalue weighted by atomic mass is 16.6. The van der Waals surface area contributed by atoms with E-state index in [1.54, 1.807) is 30.3 Å². The molecule has 0 aromatic heterocycles. The molecule has 2 aromatic rings. The van der Waals surface area contributed by atoms with Gasteiger partial charge < -0.3 is 14.8 Å². The quantitative estimate of drug-likeness (QED) is 0.705. The van der Waals surface area contributed by atoms with Gasteiger partial charge in [-0.2, -0.15) is 0 Å². The zero-order chi connectivity index (χ0) is 21.5. The molecule has 0 aliphatic carbocycles. The van der Waals surface area contributed by atoms with Crippen molar-refractivity contribution in [2.24, 2.45) is 5.92 Å². The van der Waals surface area contributed by atoms with Crippen molar-refractivity contribution in [3.8, 4) is 0 Å². The van der Waals surface area contributed by atoms with Gasteiger partial charge in [0.1, 0.15) is 24.9 Å². The van der Waals surface area contributed by atoms with Gasteiger partial charge in [0, 0.05) is 0 Å². The van der Waals surface area contributed by atoms with Crippen molar-refractivity contribution in [3.05, 3.63) is 71.8 Å². The van der Waals surface area contributed by atoms with E-state index < -0.39 is 35.8 Å². The van der Waals surface area contributed by atoms with E-state index in [-0.39, 0.29) is 19.8 Å². The molecule has 0 spiro atoms. The molecule has 3 amide bonds. The average molecular weight is 410 g/mol. The van der Waals surface area contributed by atoms with Crippen molar-refractivity contribution in [1.29, 1.82) is 0 Å². The molecule has 8 nitrogen and oxygen atoms in total. The second-order valence-corrected chi connectivity index (χ2v) is 6.79. The van der Waals surface area contributed by atoms with Crippen molar-refractivity contribution < 1.29 is 28.7 Å².